The van der Waals surface area contributed by atoms with Crippen molar-refractivity contribution in [3.8, 4) is 0 Å². The molecule has 0 atom stereocenters. The minimum absolute atomic E-state index is 0.204. The maximum atomic E-state index is 11.1. The van der Waals surface area contributed by atoms with Crippen LogP contribution in [0.4, 0.5) is 4.39 Å². The van der Waals surface area contributed by atoms with Gasteiger partial charge in [0.2, 0.25) is 0 Å². The molecule has 1 nitrogen and oxygen atoms in total. The molecule has 0 bridgehead atoms. The Labute approximate surface area is 36.1 Å². The molecule has 6 heavy (non-hydrogen) atoms. The van der Waals surface area contributed by atoms with Crippen molar-refractivity contribution in [2.75, 3.05) is 0 Å². The topological polar surface area (TPSA) is 23.1 Å². The second kappa shape index (κ2) is 1.80. The lowest BCUT2D eigenvalue weighted by Crippen LogP contribution is -1.97. The molecule has 0 N–H and O–H groups in total. The van der Waals surface area contributed by atoms with Crippen molar-refractivity contribution in [1.29, 1.82) is 0 Å². The number of halogens is 1. The van der Waals surface area contributed by atoms with Gasteiger partial charge in [0, 0.05) is 6.01 Å². The summed E-state index contributed by atoms with van der Waals surface area (Å²) in [4.78, 5) is 0. The highest BCUT2D eigenvalue weighted by atomic mass is 19.1. The van der Waals surface area contributed by atoms with Gasteiger partial charge in [-0.05, 0) is 13.8 Å². The molecule has 0 radical (unpaired) electrons. The zero-order chi connectivity index (χ0) is 5.15. The fourth-order valence-corrected chi connectivity index (χ4v) is 0. The number of rotatable bonds is 0. The van der Waals surface area contributed by atoms with E-state index in [1.807, 2.05) is 0 Å². The quantitative estimate of drug-likeness (QED) is 0.398. The van der Waals surface area contributed by atoms with Gasteiger partial charge in [0.1, 0.15) is 0 Å². The van der Waals surface area contributed by atoms with E-state index in [1.54, 1.807) is 0 Å². The Morgan fingerprint density at radius 1 is 1.50 bits per heavy atom. The lowest BCUT2D eigenvalue weighted by atomic mass is 10.4. The van der Waals surface area contributed by atoms with Gasteiger partial charge in [0.05, 0.1) is 0 Å². The molecule has 0 saturated heterocycles. The van der Waals surface area contributed by atoms with E-state index in [-0.39, 0.29) is 5.57 Å². The molecule has 0 amide bonds. The summed E-state index contributed by atoms with van der Waals surface area (Å²) in [7, 11) is 0. The van der Waals surface area contributed by atoms with Crippen molar-refractivity contribution in [2.24, 2.45) is 0 Å². The van der Waals surface area contributed by atoms with Crippen LogP contribution < -0.4 is 5.11 Å². The van der Waals surface area contributed by atoms with Gasteiger partial charge < -0.3 is 5.11 Å². The molecule has 0 fully saturated rings. The third-order valence-electron chi connectivity index (χ3n) is 0.393. The maximum Gasteiger partial charge on any atom is 0.0491 e. The van der Waals surface area contributed by atoms with Gasteiger partial charge >= 0.3 is 0 Å². The van der Waals surface area contributed by atoms with E-state index >= 15 is 0 Å². The van der Waals surface area contributed by atoms with Crippen LogP contribution in [0.3, 0.4) is 0 Å². The molecular formula is C4H6FO-. The molecule has 0 unspecified atom stereocenters. The monoisotopic (exact) mass is 89.0 g/mol. The van der Waals surface area contributed by atoms with Crippen molar-refractivity contribution < 1.29 is 9.50 Å². The van der Waals surface area contributed by atoms with E-state index in [9.17, 15) is 9.50 Å². The average molecular weight is 89.1 g/mol. The first-order chi connectivity index (χ1) is 2.64. The second-order valence-electron chi connectivity index (χ2n) is 1.27. The first kappa shape index (κ1) is 5.47. The SMILES string of the molecule is CC(C)=C([O-])F. The smallest absolute Gasteiger partial charge is 0.0491 e. The van der Waals surface area contributed by atoms with Gasteiger partial charge in [-0.3, -0.25) is 0 Å². The van der Waals surface area contributed by atoms with Crippen molar-refractivity contribution in [2.45, 2.75) is 13.8 Å². The van der Waals surface area contributed by atoms with Gasteiger partial charge in [-0.25, -0.2) is 4.39 Å². The van der Waals surface area contributed by atoms with Crippen molar-refractivity contribution >= 4 is 0 Å². The molecule has 0 aliphatic carbocycles. The molecule has 0 saturated carbocycles. The molecule has 0 heterocycles. The minimum Gasteiger partial charge on any atom is -0.851 e. The summed E-state index contributed by atoms with van der Waals surface area (Å²) in [6, 6.07) is -1.32. The van der Waals surface area contributed by atoms with Crippen LogP contribution in [0.2, 0.25) is 0 Å². The zero-order valence-electron chi connectivity index (χ0n) is 3.79. The Morgan fingerprint density at radius 2 is 1.67 bits per heavy atom. The summed E-state index contributed by atoms with van der Waals surface area (Å²) in [6.45, 7) is 2.87. The molecule has 0 aliphatic rings. The summed E-state index contributed by atoms with van der Waals surface area (Å²) in [5.41, 5.74) is 0.204. The number of allylic oxidation sites excluding steroid dienone is 1. The lowest BCUT2D eigenvalue weighted by molar-refractivity contribution is -0.333. The van der Waals surface area contributed by atoms with Gasteiger partial charge in [-0.1, -0.05) is 5.57 Å². The van der Waals surface area contributed by atoms with Crippen LogP contribution in [0.15, 0.2) is 11.6 Å². The standard InChI is InChI=1S/C4H7FO/c1-3(2)4(5)6/h6H,1-2H3/p-1. The van der Waals surface area contributed by atoms with E-state index in [4.69, 9.17) is 0 Å². The van der Waals surface area contributed by atoms with Crippen LogP contribution >= 0.6 is 0 Å². The van der Waals surface area contributed by atoms with Crippen LogP contribution in [0.5, 0.6) is 0 Å². The van der Waals surface area contributed by atoms with Gasteiger partial charge in [-0.15, -0.1) is 0 Å². The molecule has 36 valence electrons. The van der Waals surface area contributed by atoms with E-state index < -0.39 is 6.01 Å². The maximum absolute atomic E-state index is 11.1. The van der Waals surface area contributed by atoms with E-state index in [0.717, 1.165) is 0 Å². The zero-order valence-corrected chi connectivity index (χ0v) is 3.79. The van der Waals surface area contributed by atoms with Gasteiger partial charge in [0.25, 0.3) is 0 Å². The number of hydrogen-bond acceptors (Lipinski definition) is 1. The predicted molar refractivity (Wildman–Crippen MR) is 19.5 cm³/mol. The van der Waals surface area contributed by atoms with E-state index in [1.165, 1.54) is 13.8 Å². The Kier molecular flexibility index (Phi) is 1.64. The van der Waals surface area contributed by atoms with Crippen molar-refractivity contribution in [3.05, 3.63) is 11.6 Å². The highest BCUT2D eigenvalue weighted by molar-refractivity contribution is 4.90. The average Bonchev–Trinajstić information content (AvgIpc) is 1.36. The molecule has 0 aliphatic heterocycles. The lowest BCUT2D eigenvalue weighted by Gasteiger charge is -1.97. The Balaban J connectivity index is 3.68. The first-order valence-corrected chi connectivity index (χ1v) is 1.64. The first-order valence-electron chi connectivity index (χ1n) is 1.64. The van der Waals surface area contributed by atoms with Crippen molar-refractivity contribution in [3.63, 3.8) is 0 Å². The third-order valence-corrected chi connectivity index (χ3v) is 0.393. The van der Waals surface area contributed by atoms with Crippen LogP contribution in [-0.2, 0) is 0 Å². The normalized spacial score (nSPS) is 7.83. The minimum atomic E-state index is -1.32. The molecule has 0 spiro atoms. The highest BCUT2D eigenvalue weighted by Gasteiger charge is 1.73. The second-order valence-corrected chi connectivity index (χ2v) is 1.27. The summed E-state index contributed by atoms with van der Waals surface area (Å²) >= 11 is 0. The van der Waals surface area contributed by atoms with Gasteiger partial charge in [0.15, 0.2) is 0 Å². The molecular weight excluding hydrogens is 83.0 g/mol. The molecule has 0 aromatic carbocycles. The molecule has 0 aromatic heterocycles. The van der Waals surface area contributed by atoms with Crippen LogP contribution in [0, 0.1) is 0 Å². The van der Waals surface area contributed by atoms with Gasteiger partial charge in [-0.2, -0.15) is 0 Å². The van der Waals surface area contributed by atoms with Crippen LogP contribution in [0.25, 0.3) is 0 Å². The van der Waals surface area contributed by atoms with Crippen LogP contribution in [0.1, 0.15) is 13.8 Å². The van der Waals surface area contributed by atoms with Crippen LogP contribution in [-0.4, -0.2) is 0 Å². The fraction of sp³-hybridized carbons (Fsp3) is 0.500. The highest BCUT2D eigenvalue weighted by Crippen LogP contribution is 1.92. The Morgan fingerprint density at radius 3 is 1.67 bits per heavy atom. The number of hydrogen-bond donors (Lipinski definition) is 0. The van der Waals surface area contributed by atoms with Crippen molar-refractivity contribution in [1.82, 2.24) is 0 Å². The largest absolute Gasteiger partial charge is 0.851 e. The summed E-state index contributed by atoms with van der Waals surface area (Å²) in [5.74, 6) is 0. The molecule has 2 heteroatoms. The summed E-state index contributed by atoms with van der Waals surface area (Å²) in [6.07, 6.45) is 0. The predicted octanol–water partition coefficient (Wildman–Crippen LogP) is 0.568. The summed E-state index contributed by atoms with van der Waals surface area (Å²) < 4.78 is 11.1. The molecule has 0 aromatic rings. The van der Waals surface area contributed by atoms with E-state index in [0.29, 0.717) is 0 Å². The summed E-state index contributed by atoms with van der Waals surface area (Å²) in [5, 5.41) is 9.44. The molecule has 0 rings (SSSR count). The Bertz CT molecular complexity index is 57.6. The fourth-order valence-electron chi connectivity index (χ4n) is 0. The third kappa shape index (κ3) is 1.76. The Hall–Kier alpha value is -0.530. The van der Waals surface area contributed by atoms with E-state index in [2.05, 4.69) is 0 Å².